The van der Waals surface area contributed by atoms with Crippen LogP contribution in [0.5, 0.6) is 0 Å². The standard InChI is InChI=1S/C5H14N2O3S/c1-3(6)5(7)4(2)10-11(8)9/h3-5H,6-7H2,1-2H3,(H,8,9)/p-1. The van der Waals surface area contributed by atoms with Gasteiger partial charge in [-0.15, -0.1) is 0 Å². The second kappa shape index (κ2) is 4.78. The van der Waals surface area contributed by atoms with E-state index in [0.29, 0.717) is 0 Å². The van der Waals surface area contributed by atoms with E-state index in [1.807, 2.05) is 0 Å². The first-order valence-corrected chi connectivity index (χ1v) is 4.22. The van der Waals surface area contributed by atoms with Crippen molar-refractivity contribution in [3.8, 4) is 0 Å². The van der Waals surface area contributed by atoms with E-state index in [0.717, 1.165) is 0 Å². The fourth-order valence-electron chi connectivity index (χ4n) is 0.616. The second-order valence-electron chi connectivity index (χ2n) is 2.44. The molecule has 0 aromatic rings. The molecule has 11 heavy (non-hydrogen) atoms. The average Bonchev–Trinajstić information content (AvgIpc) is 1.84. The zero-order valence-electron chi connectivity index (χ0n) is 6.52. The molecule has 0 aromatic heterocycles. The lowest BCUT2D eigenvalue weighted by Gasteiger charge is -2.23. The average molecular weight is 181 g/mol. The summed E-state index contributed by atoms with van der Waals surface area (Å²) in [5.74, 6) is 0. The fraction of sp³-hybridized carbons (Fsp3) is 1.00. The molecule has 68 valence electrons. The van der Waals surface area contributed by atoms with Gasteiger partial charge >= 0.3 is 0 Å². The van der Waals surface area contributed by atoms with Gasteiger partial charge in [-0.1, -0.05) is 0 Å². The molecule has 0 saturated carbocycles. The monoisotopic (exact) mass is 181 g/mol. The molecular weight excluding hydrogens is 168 g/mol. The Morgan fingerprint density at radius 2 is 1.91 bits per heavy atom. The molecule has 0 bridgehead atoms. The summed E-state index contributed by atoms with van der Waals surface area (Å²) in [6.07, 6.45) is -0.576. The van der Waals surface area contributed by atoms with Crippen LogP contribution < -0.4 is 11.5 Å². The van der Waals surface area contributed by atoms with Crippen molar-refractivity contribution < 1.29 is 12.9 Å². The molecule has 0 aliphatic heterocycles. The van der Waals surface area contributed by atoms with Crippen LogP contribution in [0.4, 0.5) is 0 Å². The van der Waals surface area contributed by atoms with Crippen molar-refractivity contribution in [1.82, 2.24) is 0 Å². The molecule has 0 saturated heterocycles. The van der Waals surface area contributed by atoms with Crippen LogP contribution in [0.1, 0.15) is 13.8 Å². The molecule has 0 aliphatic carbocycles. The summed E-state index contributed by atoms with van der Waals surface area (Å²) in [5.41, 5.74) is 10.9. The maximum absolute atomic E-state index is 10.0. The molecular formula is C5H13N2O3S-. The lowest BCUT2D eigenvalue weighted by molar-refractivity contribution is 0.179. The van der Waals surface area contributed by atoms with Crippen molar-refractivity contribution >= 4 is 11.4 Å². The predicted octanol–water partition coefficient (Wildman–Crippen LogP) is -1.14. The molecule has 4 N–H and O–H groups in total. The van der Waals surface area contributed by atoms with Gasteiger partial charge in [-0.3, -0.25) is 4.18 Å². The highest BCUT2D eigenvalue weighted by Crippen LogP contribution is 2.00. The minimum absolute atomic E-state index is 0.284. The minimum atomic E-state index is -2.52. The maximum atomic E-state index is 10.0. The van der Waals surface area contributed by atoms with Gasteiger partial charge in [-0.05, 0) is 13.8 Å². The molecule has 0 fully saturated rings. The van der Waals surface area contributed by atoms with E-state index < -0.39 is 23.5 Å². The summed E-state index contributed by atoms with van der Waals surface area (Å²) < 4.78 is 24.4. The first kappa shape index (κ1) is 11.0. The van der Waals surface area contributed by atoms with E-state index in [2.05, 4.69) is 4.18 Å². The topological polar surface area (TPSA) is 101 Å². The van der Waals surface area contributed by atoms with Gasteiger partial charge in [0.1, 0.15) is 0 Å². The highest BCUT2D eigenvalue weighted by atomic mass is 32.2. The van der Waals surface area contributed by atoms with Crippen LogP contribution in [0.2, 0.25) is 0 Å². The normalized spacial score (nSPS) is 22.3. The van der Waals surface area contributed by atoms with Crippen LogP contribution in [0.25, 0.3) is 0 Å². The van der Waals surface area contributed by atoms with E-state index in [4.69, 9.17) is 11.5 Å². The number of hydrogen-bond acceptors (Lipinski definition) is 5. The van der Waals surface area contributed by atoms with E-state index >= 15 is 0 Å². The van der Waals surface area contributed by atoms with Gasteiger partial charge in [0.15, 0.2) is 0 Å². The van der Waals surface area contributed by atoms with E-state index in [9.17, 15) is 8.76 Å². The van der Waals surface area contributed by atoms with Crippen molar-refractivity contribution in [3.63, 3.8) is 0 Å². The summed E-state index contributed by atoms with van der Waals surface area (Å²) in [6, 6.07) is -0.749. The van der Waals surface area contributed by atoms with Crippen LogP contribution in [0, 0.1) is 0 Å². The van der Waals surface area contributed by atoms with Gasteiger partial charge in [0.25, 0.3) is 0 Å². The molecule has 0 heterocycles. The molecule has 0 rings (SSSR count). The highest BCUT2D eigenvalue weighted by Gasteiger charge is 2.17. The van der Waals surface area contributed by atoms with Gasteiger partial charge in [-0.25, -0.2) is 4.21 Å². The summed E-state index contributed by atoms with van der Waals surface area (Å²) in [7, 11) is 0. The van der Waals surface area contributed by atoms with Crippen molar-refractivity contribution in [2.75, 3.05) is 0 Å². The second-order valence-corrected chi connectivity index (χ2v) is 3.04. The lowest BCUT2D eigenvalue weighted by Crippen LogP contribution is -2.47. The van der Waals surface area contributed by atoms with Crippen LogP contribution in [0.3, 0.4) is 0 Å². The van der Waals surface area contributed by atoms with Crippen LogP contribution in [-0.2, 0) is 15.5 Å². The summed E-state index contributed by atoms with van der Waals surface area (Å²) in [6.45, 7) is 3.25. The van der Waals surface area contributed by atoms with Crippen LogP contribution in [-0.4, -0.2) is 26.9 Å². The van der Waals surface area contributed by atoms with Crippen molar-refractivity contribution in [2.24, 2.45) is 11.5 Å². The zero-order valence-corrected chi connectivity index (χ0v) is 7.34. The number of hydrogen-bond donors (Lipinski definition) is 2. The predicted molar refractivity (Wildman–Crippen MR) is 41.1 cm³/mol. The van der Waals surface area contributed by atoms with Crippen molar-refractivity contribution in [3.05, 3.63) is 0 Å². The quantitative estimate of drug-likeness (QED) is 0.534. The molecule has 0 aromatic carbocycles. The first-order chi connectivity index (χ1) is 4.95. The highest BCUT2D eigenvalue weighted by molar-refractivity contribution is 7.74. The number of rotatable bonds is 4. The smallest absolute Gasteiger partial charge is 0.0874 e. The Hall–Kier alpha value is -0.0100. The van der Waals surface area contributed by atoms with E-state index in [1.165, 1.54) is 0 Å². The number of nitrogens with two attached hydrogens (primary N) is 2. The third-order valence-electron chi connectivity index (χ3n) is 1.38. The lowest BCUT2D eigenvalue weighted by atomic mass is 10.1. The molecule has 4 unspecified atom stereocenters. The van der Waals surface area contributed by atoms with Crippen molar-refractivity contribution in [2.45, 2.75) is 32.0 Å². The van der Waals surface area contributed by atoms with E-state index in [1.54, 1.807) is 13.8 Å². The summed E-state index contributed by atoms with van der Waals surface area (Å²) in [4.78, 5) is 0. The summed E-state index contributed by atoms with van der Waals surface area (Å²) >= 11 is -2.52. The molecule has 0 spiro atoms. The van der Waals surface area contributed by atoms with E-state index in [-0.39, 0.29) is 6.04 Å². The molecule has 5 nitrogen and oxygen atoms in total. The first-order valence-electron chi connectivity index (χ1n) is 3.22. The van der Waals surface area contributed by atoms with Gasteiger partial charge in [0, 0.05) is 12.1 Å². The van der Waals surface area contributed by atoms with Gasteiger partial charge in [0.2, 0.25) is 0 Å². The Morgan fingerprint density at radius 1 is 1.45 bits per heavy atom. The molecule has 0 amide bonds. The molecule has 6 heteroatoms. The minimum Gasteiger partial charge on any atom is -0.750 e. The molecule has 0 radical (unpaired) electrons. The van der Waals surface area contributed by atoms with Gasteiger partial charge < -0.3 is 16.0 Å². The fourth-order valence-corrected chi connectivity index (χ4v) is 0.992. The Labute approximate surface area is 68.6 Å². The van der Waals surface area contributed by atoms with Crippen molar-refractivity contribution in [1.29, 1.82) is 0 Å². The third kappa shape index (κ3) is 4.44. The largest absolute Gasteiger partial charge is 0.750 e. The van der Waals surface area contributed by atoms with Gasteiger partial charge in [-0.2, -0.15) is 0 Å². The Morgan fingerprint density at radius 3 is 2.18 bits per heavy atom. The van der Waals surface area contributed by atoms with Gasteiger partial charge in [0.05, 0.1) is 17.5 Å². The third-order valence-corrected chi connectivity index (χ3v) is 1.84. The maximum Gasteiger partial charge on any atom is 0.0874 e. The Balaban J connectivity index is 3.82. The molecule has 0 aliphatic rings. The van der Waals surface area contributed by atoms with Crippen LogP contribution in [0.15, 0.2) is 0 Å². The molecule has 4 atom stereocenters. The SMILES string of the molecule is CC(N)C(N)C(C)OS(=O)[O-]. The Kier molecular flexibility index (Phi) is 4.78. The van der Waals surface area contributed by atoms with Crippen LogP contribution >= 0.6 is 0 Å². The zero-order chi connectivity index (χ0) is 9.02. The summed E-state index contributed by atoms with van der Waals surface area (Å²) in [5, 5.41) is 0. The Bertz CT molecular complexity index is 142.